The normalized spacial score (nSPS) is 19.8. The smallest absolute Gasteiger partial charge is 0.301 e. The first-order valence-electron chi connectivity index (χ1n) is 12.5. The first-order chi connectivity index (χ1) is 18.8. The molecular weight excluding hydrogens is 516 g/mol. The number of aryl methyl sites for hydroxylation is 1. The molecule has 0 unspecified atom stereocenters. The molecule has 0 aliphatic carbocycles. The number of benzene rings is 3. The molecule has 9 heteroatoms. The fourth-order valence-electron chi connectivity index (χ4n) is 5.22. The van der Waals surface area contributed by atoms with Crippen molar-refractivity contribution in [1.82, 2.24) is 4.98 Å². The highest BCUT2D eigenvalue weighted by Crippen LogP contribution is 2.46. The van der Waals surface area contributed by atoms with Crippen molar-refractivity contribution in [3.63, 3.8) is 0 Å². The number of fused-ring (bicyclic) bond motifs is 2. The molecule has 3 heterocycles. The average Bonchev–Trinajstić information content (AvgIpc) is 3.59. The number of hydrogen-bond acceptors (Lipinski definition) is 8. The molecule has 39 heavy (non-hydrogen) atoms. The maximum absolute atomic E-state index is 13.6. The number of ketones is 1. The van der Waals surface area contributed by atoms with Gasteiger partial charge >= 0.3 is 5.91 Å². The number of aliphatic hydroxyl groups excluding tert-OH is 1. The summed E-state index contributed by atoms with van der Waals surface area (Å²) in [5.41, 5.74) is 3.71. The van der Waals surface area contributed by atoms with Crippen LogP contribution in [0.4, 0.5) is 5.13 Å². The molecule has 1 aromatic heterocycles. The van der Waals surface area contributed by atoms with Crippen LogP contribution in [0.3, 0.4) is 0 Å². The summed E-state index contributed by atoms with van der Waals surface area (Å²) >= 11 is 1.32. The van der Waals surface area contributed by atoms with Gasteiger partial charge in [0, 0.05) is 12.0 Å². The van der Waals surface area contributed by atoms with Crippen LogP contribution in [0.15, 0.2) is 60.2 Å². The number of nitrogens with zero attached hydrogens (tertiary/aromatic N) is 2. The van der Waals surface area contributed by atoms with Gasteiger partial charge in [0.2, 0.25) is 0 Å². The van der Waals surface area contributed by atoms with Gasteiger partial charge in [0.15, 0.2) is 16.6 Å². The third kappa shape index (κ3) is 4.10. The van der Waals surface area contributed by atoms with Crippen molar-refractivity contribution in [2.75, 3.05) is 19.1 Å². The molecule has 1 N–H and O–H groups in total. The molecule has 1 amide bonds. The summed E-state index contributed by atoms with van der Waals surface area (Å²) in [7, 11) is 3.05. The lowest BCUT2D eigenvalue weighted by atomic mass is 9.94. The summed E-state index contributed by atoms with van der Waals surface area (Å²) in [4.78, 5) is 33.3. The molecule has 0 spiro atoms. The minimum absolute atomic E-state index is 0.0189. The Bertz CT molecular complexity index is 1690. The van der Waals surface area contributed by atoms with E-state index in [4.69, 9.17) is 14.2 Å². The predicted molar refractivity (Wildman–Crippen MR) is 149 cm³/mol. The maximum Gasteiger partial charge on any atom is 0.301 e. The number of ether oxygens (including phenoxy) is 3. The number of Topliss-reactive ketones (excluding diaryl/α,β-unsaturated/α-hetero) is 1. The van der Waals surface area contributed by atoms with E-state index in [9.17, 15) is 14.7 Å². The lowest BCUT2D eigenvalue weighted by Crippen LogP contribution is -2.29. The number of aliphatic hydroxyl groups is 1. The highest BCUT2D eigenvalue weighted by molar-refractivity contribution is 7.22. The molecule has 2 aliphatic heterocycles. The van der Waals surface area contributed by atoms with E-state index in [1.54, 1.807) is 30.3 Å². The van der Waals surface area contributed by atoms with E-state index < -0.39 is 17.7 Å². The van der Waals surface area contributed by atoms with Crippen molar-refractivity contribution in [1.29, 1.82) is 0 Å². The highest BCUT2D eigenvalue weighted by Gasteiger charge is 2.48. The van der Waals surface area contributed by atoms with Crippen LogP contribution in [0.1, 0.15) is 35.2 Å². The number of rotatable bonds is 5. The lowest BCUT2D eigenvalue weighted by Gasteiger charge is -2.23. The average molecular weight is 543 g/mol. The zero-order valence-corrected chi connectivity index (χ0v) is 22.7. The van der Waals surface area contributed by atoms with Crippen LogP contribution in [0, 0.1) is 6.92 Å². The van der Waals surface area contributed by atoms with Crippen LogP contribution in [0.25, 0.3) is 16.0 Å². The first kappa shape index (κ1) is 24.9. The molecule has 4 aromatic rings. The zero-order chi connectivity index (χ0) is 27.4. The molecule has 198 valence electrons. The highest BCUT2D eigenvalue weighted by atomic mass is 32.1. The quantitative estimate of drug-likeness (QED) is 0.200. The van der Waals surface area contributed by atoms with Gasteiger partial charge in [-0.1, -0.05) is 23.5 Å². The standard InChI is InChI=1S/C30H26N2O6S/c1-15-5-8-20-24(11-15)39-30(31-20)32-26(17-6-10-22(36-3)23(14-17)37-4)25(28(34)29(32)35)27(33)18-7-9-21-19(13-18)12-16(2)38-21/h5-11,13-14,16,26,33H,12H2,1-4H3/t16-,26-/m0/s1. The minimum atomic E-state index is -0.935. The van der Waals surface area contributed by atoms with Crippen LogP contribution in [0.2, 0.25) is 0 Å². The van der Waals surface area contributed by atoms with Gasteiger partial charge in [0.25, 0.3) is 5.78 Å². The monoisotopic (exact) mass is 542 g/mol. The van der Waals surface area contributed by atoms with Crippen LogP contribution in [0.5, 0.6) is 17.2 Å². The van der Waals surface area contributed by atoms with Gasteiger partial charge in [0.1, 0.15) is 17.6 Å². The van der Waals surface area contributed by atoms with Gasteiger partial charge in [-0.3, -0.25) is 14.5 Å². The summed E-state index contributed by atoms with van der Waals surface area (Å²) < 4.78 is 17.6. The van der Waals surface area contributed by atoms with Crippen LogP contribution < -0.4 is 19.1 Å². The topological polar surface area (TPSA) is 98.2 Å². The zero-order valence-electron chi connectivity index (χ0n) is 21.8. The second-order valence-electron chi connectivity index (χ2n) is 9.71. The summed E-state index contributed by atoms with van der Waals surface area (Å²) in [6.45, 7) is 3.96. The number of carbonyl (C=O) groups excluding carboxylic acids is 2. The van der Waals surface area contributed by atoms with E-state index in [0.717, 1.165) is 27.1 Å². The molecule has 8 nitrogen and oxygen atoms in total. The van der Waals surface area contributed by atoms with Gasteiger partial charge in [-0.25, -0.2) is 4.98 Å². The molecule has 3 aromatic carbocycles. The van der Waals surface area contributed by atoms with Gasteiger partial charge < -0.3 is 19.3 Å². The Morgan fingerprint density at radius 2 is 1.85 bits per heavy atom. The van der Waals surface area contributed by atoms with Crippen molar-refractivity contribution in [2.24, 2.45) is 0 Å². The second-order valence-corrected chi connectivity index (χ2v) is 10.7. The predicted octanol–water partition coefficient (Wildman–Crippen LogP) is 5.57. The van der Waals surface area contributed by atoms with E-state index in [0.29, 0.717) is 34.2 Å². The Labute approximate surface area is 229 Å². The Hall–Kier alpha value is -4.37. The molecule has 2 aliphatic rings. The number of anilines is 1. The number of methoxy groups -OCH3 is 2. The minimum Gasteiger partial charge on any atom is -0.507 e. The molecule has 6 rings (SSSR count). The molecule has 0 bridgehead atoms. The van der Waals surface area contributed by atoms with Crippen molar-refractivity contribution >= 4 is 44.1 Å². The van der Waals surface area contributed by atoms with Crippen LogP contribution in [-0.4, -0.2) is 42.1 Å². The fourth-order valence-corrected chi connectivity index (χ4v) is 6.31. The SMILES string of the molecule is COc1ccc([C@H]2C(=C(O)c3ccc4c(c3)C[C@H](C)O4)C(=O)C(=O)N2c2nc3ccc(C)cc3s2)cc1OC. The van der Waals surface area contributed by atoms with Crippen LogP contribution in [-0.2, 0) is 16.0 Å². The van der Waals surface area contributed by atoms with Gasteiger partial charge in [-0.2, -0.15) is 0 Å². The molecular formula is C30H26N2O6S. The molecule has 1 fully saturated rings. The summed E-state index contributed by atoms with van der Waals surface area (Å²) in [5.74, 6) is -0.112. The lowest BCUT2D eigenvalue weighted by molar-refractivity contribution is -0.132. The molecule has 0 saturated carbocycles. The van der Waals surface area contributed by atoms with Crippen molar-refractivity contribution in [3.05, 3.63) is 82.4 Å². The Kier molecular flexibility index (Phi) is 6.03. The number of thiazole rings is 1. The maximum atomic E-state index is 13.6. The van der Waals surface area contributed by atoms with E-state index in [2.05, 4.69) is 4.98 Å². The number of hydrogen-bond donors (Lipinski definition) is 1. The largest absolute Gasteiger partial charge is 0.507 e. The van der Waals surface area contributed by atoms with Gasteiger partial charge in [0.05, 0.1) is 36.1 Å². The third-order valence-electron chi connectivity index (χ3n) is 7.08. The number of aromatic nitrogens is 1. The molecule has 0 radical (unpaired) electrons. The van der Waals surface area contributed by atoms with Crippen LogP contribution >= 0.6 is 11.3 Å². The van der Waals surface area contributed by atoms with Gasteiger partial charge in [-0.05, 0) is 73.0 Å². The first-order valence-corrected chi connectivity index (χ1v) is 13.3. The van der Waals surface area contributed by atoms with Crippen molar-refractivity contribution in [2.45, 2.75) is 32.4 Å². The number of amides is 1. The van der Waals surface area contributed by atoms with E-state index >= 15 is 0 Å². The van der Waals surface area contributed by atoms with E-state index in [1.165, 1.54) is 30.5 Å². The van der Waals surface area contributed by atoms with E-state index in [-0.39, 0.29) is 17.4 Å². The Morgan fingerprint density at radius 1 is 1.05 bits per heavy atom. The summed E-state index contributed by atoms with van der Waals surface area (Å²) in [5, 5.41) is 11.9. The number of carbonyl (C=O) groups is 2. The Balaban J connectivity index is 1.55. The molecule has 2 atom stereocenters. The van der Waals surface area contributed by atoms with Crippen molar-refractivity contribution in [3.8, 4) is 17.2 Å². The second kappa shape index (κ2) is 9.43. The third-order valence-corrected chi connectivity index (χ3v) is 8.09. The molecule has 1 saturated heterocycles. The van der Waals surface area contributed by atoms with Gasteiger partial charge in [-0.15, -0.1) is 0 Å². The Morgan fingerprint density at radius 3 is 2.62 bits per heavy atom. The van der Waals surface area contributed by atoms with E-state index in [1.807, 2.05) is 38.1 Å². The summed E-state index contributed by atoms with van der Waals surface area (Å²) in [6, 6.07) is 15.4. The van der Waals surface area contributed by atoms with Crippen molar-refractivity contribution < 1.29 is 28.9 Å². The summed E-state index contributed by atoms with van der Waals surface area (Å²) in [6.07, 6.45) is 0.715. The fraction of sp³-hybridized carbons (Fsp3) is 0.233.